The zero-order valence-corrected chi connectivity index (χ0v) is 13.0. The van der Waals surface area contributed by atoms with Crippen LogP contribution in [0.4, 0.5) is 10.5 Å². The number of hydrogen-bond donors (Lipinski definition) is 2. The van der Waals surface area contributed by atoms with Gasteiger partial charge in [-0.1, -0.05) is 26.0 Å². The summed E-state index contributed by atoms with van der Waals surface area (Å²) in [6.45, 7) is 5.59. The van der Waals surface area contributed by atoms with Crippen LogP contribution in [-0.4, -0.2) is 20.8 Å². The number of benzene rings is 1. The second-order valence-corrected chi connectivity index (χ2v) is 5.88. The maximum Gasteiger partial charge on any atom is 0.319 e. The van der Waals surface area contributed by atoms with Gasteiger partial charge in [0.25, 0.3) is 0 Å². The van der Waals surface area contributed by atoms with Crippen LogP contribution in [0.1, 0.15) is 43.4 Å². The molecule has 0 bridgehead atoms. The van der Waals surface area contributed by atoms with Crippen LogP contribution >= 0.6 is 0 Å². The van der Waals surface area contributed by atoms with Crippen LogP contribution < -0.4 is 10.6 Å². The van der Waals surface area contributed by atoms with Crippen LogP contribution in [0.25, 0.3) is 0 Å². The molecule has 2 amide bonds. The molecule has 0 spiro atoms. The van der Waals surface area contributed by atoms with E-state index in [1.807, 2.05) is 18.2 Å². The summed E-state index contributed by atoms with van der Waals surface area (Å²) in [6.07, 6.45) is 2.08. The molecule has 0 radical (unpaired) electrons. The van der Waals surface area contributed by atoms with Gasteiger partial charge in [-0.2, -0.15) is 0 Å². The van der Waals surface area contributed by atoms with Crippen LogP contribution in [0.3, 0.4) is 0 Å². The summed E-state index contributed by atoms with van der Waals surface area (Å²) in [5.74, 6) is 2.27. The van der Waals surface area contributed by atoms with E-state index >= 15 is 0 Å². The van der Waals surface area contributed by atoms with Crippen molar-refractivity contribution in [3.05, 3.63) is 41.5 Å². The molecule has 0 unspecified atom stereocenters. The fraction of sp³-hybridized carbons (Fsp3) is 0.438. The van der Waals surface area contributed by atoms with E-state index in [0.717, 1.165) is 36.7 Å². The molecule has 0 aliphatic carbocycles. The van der Waals surface area contributed by atoms with Crippen molar-refractivity contribution in [2.24, 2.45) is 0 Å². The molecule has 0 saturated heterocycles. The number of anilines is 1. The Balaban J connectivity index is 1.57. The van der Waals surface area contributed by atoms with Crippen LogP contribution in [0, 0.1) is 0 Å². The van der Waals surface area contributed by atoms with E-state index in [-0.39, 0.29) is 6.03 Å². The van der Waals surface area contributed by atoms with E-state index in [1.165, 1.54) is 5.56 Å². The number of aromatic nitrogens is 3. The minimum atomic E-state index is -0.226. The molecule has 0 fully saturated rings. The summed E-state index contributed by atoms with van der Waals surface area (Å²) in [6, 6.07) is 7.68. The Bertz CT molecular complexity index is 677. The van der Waals surface area contributed by atoms with Crippen molar-refractivity contribution >= 4 is 11.7 Å². The molecular formula is C16H21N5O. The third kappa shape index (κ3) is 3.10. The maximum atomic E-state index is 12.0. The number of fused-ring (bicyclic) bond motifs is 1. The Morgan fingerprint density at radius 1 is 1.36 bits per heavy atom. The number of carbonyl (C=O) groups excluding carboxylic acids is 1. The summed E-state index contributed by atoms with van der Waals surface area (Å²) in [4.78, 5) is 12.0. The summed E-state index contributed by atoms with van der Waals surface area (Å²) in [7, 11) is 0. The standard InChI is InChI=1S/C16H21N5O/c1-11(2)12-5-3-6-13(9-12)18-16(22)17-10-15-20-19-14-7-4-8-21(14)15/h3,5-6,9,11H,4,7-8,10H2,1-2H3,(H2,17,18,22). The van der Waals surface area contributed by atoms with Crippen molar-refractivity contribution in [1.82, 2.24) is 20.1 Å². The molecule has 0 saturated carbocycles. The predicted molar refractivity (Wildman–Crippen MR) is 84.7 cm³/mol. The number of carbonyl (C=O) groups is 1. The minimum Gasteiger partial charge on any atom is -0.331 e. The summed E-state index contributed by atoms with van der Waals surface area (Å²) in [5.41, 5.74) is 2.00. The lowest BCUT2D eigenvalue weighted by atomic mass is 10.0. The quantitative estimate of drug-likeness (QED) is 0.911. The molecule has 0 atom stereocenters. The van der Waals surface area contributed by atoms with Gasteiger partial charge in [0.15, 0.2) is 5.82 Å². The fourth-order valence-electron chi connectivity index (χ4n) is 2.65. The average Bonchev–Trinajstić information content (AvgIpc) is 3.09. The van der Waals surface area contributed by atoms with Crippen molar-refractivity contribution in [1.29, 1.82) is 0 Å². The minimum absolute atomic E-state index is 0.226. The molecule has 2 N–H and O–H groups in total. The van der Waals surface area contributed by atoms with E-state index in [9.17, 15) is 4.79 Å². The first-order valence-electron chi connectivity index (χ1n) is 7.69. The zero-order chi connectivity index (χ0) is 15.5. The van der Waals surface area contributed by atoms with Crippen molar-refractivity contribution in [2.45, 2.75) is 45.7 Å². The Morgan fingerprint density at radius 2 is 2.23 bits per heavy atom. The third-order valence-electron chi connectivity index (χ3n) is 3.90. The highest BCUT2D eigenvalue weighted by atomic mass is 16.2. The molecule has 1 aliphatic heterocycles. The molecule has 1 aromatic carbocycles. The number of amides is 2. The molecule has 6 nitrogen and oxygen atoms in total. The molecule has 1 aromatic heterocycles. The predicted octanol–water partition coefficient (Wildman–Crippen LogP) is 2.67. The van der Waals surface area contributed by atoms with Gasteiger partial charge < -0.3 is 15.2 Å². The maximum absolute atomic E-state index is 12.0. The van der Waals surface area contributed by atoms with Crippen LogP contribution in [-0.2, 0) is 19.5 Å². The Hall–Kier alpha value is -2.37. The second kappa shape index (κ2) is 6.17. The molecular weight excluding hydrogens is 278 g/mol. The van der Waals surface area contributed by atoms with Gasteiger partial charge in [-0.05, 0) is 30.0 Å². The lowest BCUT2D eigenvalue weighted by Crippen LogP contribution is -2.29. The fourth-order valence-corrected chi connectivity index (χ4v) is 2.65. The van der Waals surface area contributed by atoms with Gasteiger partial charge in [0, 0.05) is 18.7 Å². The highest BCUT2D eigenvalue weighted by Gasteiger charge is 2.17. The molecule has 116 valence electrons. The van der Waals surface area contributed by atoms with E-state index in [0.29, 0.717) is 12.5 Å². The van der Waals surface area contributed by atoms with Gasteiger partial charge in [0.2, 0.25) is 0 Å². The smallest absolute Gasteiger partial charge is 0.319 e. The Kier molecular flexibility index (Phi) is 4.09. The van der Waals surface area contributed by atoms with Crippen molar-refractivity contribution in [2.75, 3.05) is 5.32 Å². The lowest BCUT2D eigenvalue weighted by molar-refractivity contribution is 0.251. The summed E-state index contributed by atoms with van der Waals surface area (Å²) >= 11 is 0. The van der Waals surface area contributed by atoms with Gasteiger partial charge in [-0.15, -0.1) is 10.2 Å². The van der Waals surface area contributed by atoms with E-state index in [4.69, 9.17) is 0 Å². The number of hydrogen-bond acceptors (Lipinski definition) is 3. The van der Waals surface area contributed by atoms with E-state index < -0.39 is 0 Å². The normalized spacial score (nSPS) is 13.2. The van der Waals surface area contributed by atoms with Crippen LogP contribution in [0.15, 0.2) is 24.3 Å². The number of nitrogens with zero attached hydrogens (tertiary/aromatic N) is 3. The third-order valence-corrected chi connectivity index (χ3v) is 3.90. The molecule has 2 heterocycles. The molecule has 2 aromatic rings. The highest BCUT2D eigenvalue weighted by molar-refractivity contribution is 5.89. The Morgan fingerprint density at radius 3 is 3.05 bits per heavy atom. The summed E-state index contributed by atoms with van der Waals surface area (Å²) in [5, 5.41) is 14.0. The van der Waals surface area contributed by atoms with Crippen molar-refractivity contribution in [3.63, 3.8) is 0 Å². The van der Waals surface area contributed by atoms with Gasteiger partial charge in [0.05, 0.1) is 6.54 Å². The second-order valence-electron chi connectivity index (χ2n) is 5.88. The van der Waals surface area contributed by atoms with E-state index in [1.54, 1.807) is 0 Å². The van der Waals surface area contributed by atoms with Gasteiger partial charge in [-0.25, -0.2) is 4.79 Å². The van der Waals surface area contributed by atoms with Crippen molar-refractivity contribution in [3.8, 4) is 0 Å². The number of rotatable bonds is 4. The van der Waals surface area contributed by atoms with E-state index in [2.05, 4.69) is 45.3 Å². The average molecular weight is 299 g/mol. The largest absolute Gasteiger partial charge is 0.331 e. The SMILES string of the molecule is CC(C)c1cccc(NC(=O)NCc2nnc3n2CCC3)c1. The van der Waals surface area contributed by atoms with Gasteiger partial charge >= 0.3 is 6.03 Å². The first-order valence-corrected chi connectivity index (χ1v) is 7.69. The monoisotopic (exact) mass is 299 g/mol. The first-order chi connectivity index (χ1) is 10.6. The number of aryl methyl sites for hydroxylation is 1. The number of urea groups is 1. The van der Waals surface area contributed by atoms with Gasteiger partial charge in [0.1, 0.15) is 5.82 Å². The molecule has 22 heavy (non-hydrogen) atoms. The lowest BCUT2D eigenvalue weighted by Gasteiger charge is -2.10. The molecule has 3 rings (SSSR count). The van der Waals surface area contributed by atoms with Gasteiger partial charge in [-0.3, -0.25) is 0 Å². The molecule has 1 aliphatic rings. The number of nitrogens with one attached hydrogen (secondary N) is 2. The highest BCUT2D eigenvalue weighted by Crippen LogP contribution is 2.18. The van der Waals surface area contributed by atoms with Crippen LogP contribution in [0.2, 0.25) is 0 Å². The van der Waals surface area contributed by atoms with Crippen molar-refractivity contribution < 1.29 is 4.79 Å². The topological polar surface area (TPSA) is 71.8 Å². The zero-order valence-electron chi connectivity index (χ0n) is 13.0. The van der Waals surface area contributed by atoms with Crippen LogP contribution in [0.5, 0.6) is 0 Å². The Labute approximate surface area is 129 Å². The molecule has 6 heteroatoms. The summed E-state index contributed by atoms with van der Waals surface area (Å²) < 4.78 is 2.08. The first kappa shape index (κ1) is 14.6.